The minimum absolute atomic E-state index is 0. The minimum atomic E-state index is -0.602. The first-order chi connectivity index (χ1) is 10.2. The SMILES string of the molecule is CCCOC1CCCN(C(=O)C2(OC)CCNCC2)CC1.Cl. The smallest absolute Gasteiger partial charge is 0.254 e. The molecule has 2 aliphatic rings. The van der Waals surface area contributed by atoms with Gasteiger partial charge in [-0.15, -0.1) is 12.4 Å². The van der Waals surface area contributed by atoms with Crippen molar-refractivity contribution >= 4 is 18.3 Å². The summed E-state index contributed by atoms with van der Waals surface area (Å²) in [5, 5.41) is 3.30. The third kappa shape index (κ3) is 4.82. The molecule has 2 saturated heterocycles. The Bertz CT molecular complexity index is 335. The number of likely N-dealkylation sites (tertiary alicyclic amines) is 1. The fraction of sp³-hybridized carbons (Fsp3) is 0.938. The Hall–Kier alpha value is -0.360. The normalized spacial score (nSPS) is 25.2. The zero-order valence-electron chi connectivity index (χ0n) is 13.9. The lowest BCUT2D eigenvalue weighted by Crippen LogP contribution is -2.55. The number of nitrogens with one attached hydrogen (secondary N) is 1. The van der Waals surface area contributed by atoms with Gasteiger partial charge < -0.3 is 19.7 Å². The van der Waals surface area contributed by atoms with E-state index < -0.39 is 5.60 Å². The number of amides is 1. The van der Waals surface area contributed by atoms with E-state index in [1.165, 1.54) is 0 Å². The lowest BCUT2D eigenvalue weighted by molar-refractivity contribution is -0.158. The second-order valence-electron chi connectivity index (χ2n) is 6.16. The third-order valence-corrected chi connectivity index (χ3v) is 4.71. The number of hydrogen-bond donors (Lipinski definition) is 1. The highest BCUT2D eigenvalue weighted by molar-refractivity contribution is 5.85. The highest BCUT2D eigenvalue weighted by atomic mass is 35.5. The Labute approximate surface area is 140 Å². The van der Waals surface area contributed by atoms with Gasteiger partial charge in [-0.05, 0) is 51.6 Å². The molecule has 0 saturated carbocycles. The molecule has 0 spiro atoms. The Morgan fingerprint density at radius 2 is 2.00 bits per heavy atom. The average molecular weight is 335 g/mol. The maximum atomic E-state index is 12.9. The molecular weight excluding hydrogens is 304 g/mol. The fourth-order valence-electron chi connectivity index (χ4n) is 3.34. The molecular formula is C16H31ClN2O3. The molecule has 1 amide bonds. The maximum absolute atomic E-state index is 12.9. The third-order valence-electron chi connectivity index (χ3n) is 4.71. The largest absolute Gasteiger partial charge is 0.378 e. The van der Waals surface area contributed by atoms with E-state index in [-0.39, 0.29) is 18.3 Å². The summed E-state index contributed by atoms with van der Waals surface area (Å²) in [6, 6.07) is 0. The summed E-state index contributed by atoms with van der Waals surface area (Å²) in [5.74, 6) is 0.183. The van der Waals surface area contributed by atoms with Gasteiger partial charge in [-0.1, -0.05) is 6.92 Å². The molecule has 0 aliphatic carbocycles. The predicted octanol–water partition coefficient (Wildman–Crippen LogP) is 1.98. The Morgan fingerprint density at radius 3 is 2.64 bits per heavy atom. The molecule has 22 heavy (non-hydrogen) atoms. The van der Waals surface area contributed by atoms with E-state index >= 15 is 0 Å². The zero-order chi connectivity index (χ0) is 15.1. The van der Waals surface area contributed by atoms with E-state index in [2.05, 4.69) is 12.2 Å². The second kappa shape index (κ2) is 9.71. The van der Waals surface area contributed by atoms with Gasteiger partial charge in [-0.25, -0.2) is 0 Å². The van der Waals surface area contributed by atoms with Crippen molar-refractivity contribution in [3.05, 3.63) is 0 Å². The molecule has 1 unspecified atom stereocenters. The van der Waals surface area contributed by atoms with Gasteiger partial charge in [0.1, 0.15) is 5.60 Å². The molecule has 2 fully saturated rings. The molecule has 0 aromatic carbocycles. The summed E-state index contributed by atoms with van der Waals surface area (Å²) in [5.41, 5.74) is -0.602. The number of hydrogen-bond acceptors (Lipinski definition) is 4. The van der Waals surface area contributed by atoms with Gasteiger partial charge in [0.15, 0.2) is 0 Å². The number of halogens is 1. The first kappa shape index (κ1) is 19.7. The first-order valence-electron chi connectivity index (χ1n) is 8.38. The van der Waals surface area contributed by atoms with Crippen LogP contribution in [0, 0.1) is 0 Å². The summed E-state index contributed by atoms with van der Waals surface area (Å²) in [6.07, 6.45) is 5.95. The Balaban J connectivity index is 0.00000242. The molecule has 2 heterocycles. The topological polar surface area (TPSA) is 50.8 Å². The van der Waals surface area contributed by atoms with E-state index in [4.69, 9.17) is 9.47 Å². The van der Waals surface area contributed by atoms with Crippen molar-refractivity contribution in [2.75, 3.05) is 39.9 Å². The van der Waals surface area contributed by atoms with Gasteiger partial charge >= 0.3 is 0 Å². The molecule has 2 rings (SSSR count). The number of carbonyl (C=O) groups excluding carboxylic acids is 1. The predicted molar refractivity (Wildman–Crippen MR) is 89.6 cm³/mol. The molecule has 130 valence electrons. The van der Waals surface area contributed by atoms with Crippen LogP contribution in [0.15, 0.2) is 0 Å². The quantitative estimate of drug-likeness (QED) is 0.835. The van der Waals surface area contributed by atoms with Crippen molar-refractivity contribution in [1.82, 2.24) is 10.2 Å². The molecule has 1 N–H and O–H groups in total. The maximum Gasteiger partial charge on any atom is 0.254 e. The summed E-state index contributed by atoms with van der Waals surface area (Å²) in [7, 11) is 1.67. The first-order valence-corrected chi connectivity index (χ1v) is 8.38. The molecule has 0 aromatic rings. The summed E-state index contributed by atoms with van der Waals surface area (Å²) in [4.78, 5) is 14.9. The molecule has 6 heteroatoms. The van der Waals surface area contributed by atoms with E-state index in [0.717, 1.165) is 71.3 Å². The van der Waals surface area contributed by atoms with Gasteiger partial charge in [0.2, 0.25) is 0 Å². The standard InChI is InChI=1S/C16H30N2O3.ClH/c1-3-13-21-14-5-4-11-18(12-6-14)15(19)16(20-2)7-9-17-10-8-16;/h14,17H,3-13H2,1-2H3;1H. The van der Waals surface area contributed by atoms with Crippen LogP contribution < -0.4 is 5.32 Å². The van der Waals surface area contributed by atoms with Crippen molar-refractivity contribution in [1.29, 1.82) is 0 Å². The fourth-order valence-corrected chi connectivity index (χ4v) is 3.34. The van der Waals surface area contributed by atoms with Crippen molar-refractivity contribution in [2.45, 2.75) is 57.2 Å². The second-order valence-corrected chi connectivity index (χ2v) is 6.16. The monoisotopic (exact) mass is 334 g/mol. The van der Waals surface area contributed by atoms with Crippen LogP contribution in [-0.4, -0.2) is 62.4 Å². The Kier molecular flexibility index (Phi) is 8.69. The number of nitrogens with zero attached hydrogens (tertiary/aromatic N) is 1. The van der Waals surface area contributed by atoms with Crippen LogP contribution in [0.4, 0.5) is 0 Å². The summed E-state index contributed by atoms with van der Waals surface area (Å²) < 4.78 is 11.5. The summed E-state index contributed by atoms with van der Waals surface area (Å²) in [6.45, 7) is 6.30. The van der Waals surface area contributed by atoms with E-state index in [9.17, 15) is 4.79 Å². The van der Waals surface area contributed by atoms with Gasteiger partial charge in [0.05, 0.1) is 6.10 Å². The number of methoxy groups -OCH3 is 1. The molecule has 1 atom stereocenters. The van der Waals surface area contributed by atoms with Crippen LogP contribution in [0.2, 0.25) is 0 Å². The Morgan fingerprint density at radius 1 is 1.27 bits per heavy atom. The van der Waals surface area contributed by atoms with Gasteiger partial charge in [0, 0.05) is 26.8 Å². The zero-order valence-corrected chi connectivity index (χ0v) is 14.8. The van der Waals surface area contributed by atoms with Gasteiger partial charge in [-0.2, -0.15) is 0 Å². The minimum Gasteiger partial charge on any atom is -0.378 e. The molecule has 0 radical (unpaired) electrons. The van der Waals surface area contributed by atoms with Crippen LogP contribution >= 0.6 is 12.4 Å². The molecule has 0 bridgehead atoms. The molecule has 0 aromatic heterocycles. The van der Waals surface area contributed by atoms with Crippen LogP contribution in [0.5, 0.6) is 0 Å². The van der Waals surface area contributed by atoms with E-state index in [1.54, 1.807) is 7.11 Å². The highest BCUT2D eigenvalue weighted by Crippen LogP contribution is 2.27. The van der Waals surface area contributed by atoms with E-state index in [0.29, 0.717) is 6.10 Å². The van der Waals surface area contributed by atoms with Crippen LogP contribution in [0.1, 0.15) is 45.4 Å². The van der Waals surface area contributed by atoms with Crippen molar-refractivity contribution in [3.8, 4) is 0 Å². The van der Waals surface area contributed by atoms with Crippen molar-refractivity contribution in [3.63, 3.8) is 0 Å². The number of carbonyl (C=O) groups is 1. The molecule has 5 nitrogen and oxygen atoms in total. The summed E-state index contributed by atoms with van der Waals surface area (Å²) >= 11 is 0. The number of piperidine rings is 1. The molecule has 2 aliphatic heterocycles. The van der Waals surface area contributed by atoms with Gasteiger partial charge in [0.25, 0.3) is 5.91 Å². The average Bonchev–Trinajstić information content (AvgIpc) is 2.78. The lowest BCUT2D eigenvalue weighted by atomic mass is 9.90. The lowest BCUT2D eigenvalue weighted by Gasteiger charge is -2.38. The van der Waals surface area contributed by atoms with Gasteiger partial charge in [-0.3, -0.25) is 4.79 Å². The van der Waals surface area contributed by atoms with E-state index in [1.807, 2.05) is 4.90 Å². The van der Waals surface area contributed by atoms with Crippen molar-refractivity contribution < 1.29 is 14.3 Å². The van der Waals surface area contributed by atoms with Crippen LogP contribution in [0.25, 0.3) is 0 Å². The van der Waals surface area contributed by atoms with Crippen LogP contribution in [0.3, 0.4) is 0 Å². The number of rotatable bonds is 5. The highest BCUT2D eigenvalue weighted by Gasteiger charge is 2.42. The van der Waals surface area contributed by atoms with Crippen LogP contribution in [-0.2, 0) is 14.3 Å². The van der Waals surface area contributed by atoms with Crippen molar-refractivity contribution in [2.24, 2.45) is 0 Å². The number of ether oxygens (including phenoxy) is 2.